The van der Waals surface area contributed by atoms with Crippen LogP contribution in [0.3, 0.4) is 0 Å². The highest BCUT2D eigenvalue weighted by Gasteiger charge is 2.20. The van der Waals surface area contributed by atoms with Gasteiger partial charge in [0.05, 0.1) is 10.6 Å². The van der Waals surface area contributed by atoms with Gasteiger partial charge in [0.1, 0.15) is 11.6 Å². The Bertz CT molecular complexity index is 387. The number of hydrogen-bond acceptors (Lipinski definition) is 2. The van der Waals surface area contributed by atoms with Crippen molar-refractivity contribution in [3.05, 3.63) is 33.8 Å². The van der Waals surface area contributed by atoms with E-state index in [1.54, 1.807) is 14.2 Å². The molecule has 1 aromatic carbocycles. The van der Waals surface area contributed by atoms with E-state index in [1.807, 2.05) is 6.92 Å². The van der Waals surface area contributed by atoms with Crippen molar-refractivity contribution in [2.75, 3.05) is 14.2 Å². The van der Waals surface area contributed by atoms with E-state index in [4.69, 9.17) is 4.74 Å². The zero-order chi connectivity index (χ0) is 13.0. The minimum atomic E-state index is -0.548. The second-order valence-corrected chi connectivity index (χ2v) is 4.72. The fourth-order valence-corrected chi connectivity index (χ4v) is 2.01. The zero-order valence-corrected chi connectivity index (χ0v) is 11.6. The summed E-state index contributed by atoms with van der Waals surface area (Å²) >= 11 is 3.05. The van der Waals surface area contributed by atoms with Crippen molar-refractivity contribution in [1.29, 1.82) is 0 Å². The SMILES string of the molecule is CNC(Cc1c(F)ccc(Br)c1F)C(C)OC. The second kappa shape index (κ2) is 6.42. The maximum atomic E-state index is 13.8. The van der Waals surface area contributed by atoms with Gasteiger partial charge in [-0.15, -0.1) is 0 Å². The first-order chi connectivity index (χ1) is 8.01. The van der Waals surface area contributed by atoms with Crippen LogP contribution in [0.4, 0.5) is 8.78 Å². The summed E-state index contributed by atoms with van der Waals surface area (Å²) in [5.41, 5.74) is 0.0719. The molecule has 0 aromatic heterocycles. The van der Waals surface area contributed by atoms with Crippen LogP contribution in [-0.2, 0) is 11.2 Å². The lowest BCUT2D eigenvalue weighted by Gasteiger charge is -2.23. The Hall–Kier alpha value is -0.520. The van der Waals surface area contributed by atoms with Crippen molar-refractivity contribution in [2.24, 2.45) is 0 Å². The maximum absolute atomic E-state index is 13.8. The summed E-state index contributed by atoms with van der Waals surface area (Å²) in [6.07, 6.45) is 0.112. The lowest BCUT2D eigenvalue weighted by atomic mass is 10.0. The average Bonchev–Trinajstić information content (AvgIpc) is 2.33. The molecule has 0 aliphatic rings. The van der Waals surface area contributed by atoms with E-state index in [2.05, 4.69) is 21.2 Å². The number of benzene rings is 1. The molecule has 1 N–H and O–H groups in total. The molecule has 2 atom stereocenters. The summed E-state index contributed by atoms with van der Waals surface area (Å²) in [7, 11) is 3.32. The molecule has 0 bridgehead atoms. The molecule has 0 aliphatic carbocycles. The van der Waals surface area contributed by atoms with Crippen LogP contribution in [0.2, 0.25) is 0 Å². The first-order valence-corrected chi connectivity index (χ1v) is 6.13. The fraction of sp³-hybridized carbons (Fsp3) is 0.500. The van der Waals surface area contributed by atoms with Crippen LogP contribution in [0.5, 0.6) is 0 Å². The second-order valence-electron chi connectivity index (χ2n) is 3.86. The number of halogens is 3. The Morgan fingerprint density at radius 2 is 2.06 bits per heavy atom. The smallest absolute Gasteiger partial charge is 0.143 e. The summed E-state index contributed by atoms with van der Waals surface area (Å²) in [5.74, 6) is -1.08. The average molecular weight is 308 g/mol. The van der Waals surface area contributed by atoms with Gasteiger partial charge in [0, 0.05) is 18.7 Å². The van der Waals surface area contributed by atoms with Crippen LogP contribution >= 0.6 is 15.9 Å². The standard InChI is InChI=1S/C12H16BrF2NO/c1-7(17-3)11(16-2)6-8-10(14)5-4-9(13)12(8)15/h4-5,7,11,16H,6H2,1-3H3. The molecule has 0 amide bonds. The predicted molar refractivity (Wildman–Crippen MR) is 67.1 cm³/mol. The number of methoxy groups -OCH3 is 1. The number of nitrogens with one attached hydrogen (secondary N) is 1. The molecule has 0 radical (unpaired) electrons. The highest BCUT2D eigenvalue weighted by molar-refractivity contribution is 9.10. The van der Waals surface area contributed by atoms with Gasteiger partial charge in [-0.25, -0.2) is 8.78 Å². The first-order valence-electron chi connectivity index (χ1n) is 5.33. The van der Waals surface area contributed by atoms with Crippen LogP contribution in [0.15, 0.2) is 16.6 Å². The van der Waals surface area contributed by atoms with E-state index in [0.29, 0.717) is 0 Å². The van der Waals surface area contributed by atoms with Crippen LogP contribution in [0.25, 0.3) is 0 Å². The minimum absolute atomic E-state index is 0.0719. The molecule has 1 aromatic rings. The Morgan fingerprint density at radius 1 is 1.41 bits per heavy atom. The van der Waals surface area contributed by atoms with E-state index in [0.717, 1.165) is 0 Å². The Kier molecular flexibility index (Phi) is 5.49. The lowest BCUT2D eigenvalue weighted by Crippen LogP contribution is -2.39. The predicted octanol–water partition coefficient (Wildman–Crippen LogP) is 2.89. The molecular weight excluding hydrogens is 292 g/mol. The molecule has 0 fully saturated rings. The van der Waals surface area contributed by atoms with Gasteiger partial charge in [0.25, 0.3) is 0 Å². The van der Waals surface area contributed by atoms with Gasteiger partial charge in [-0.1, -0.05) is 0 Å². The molecule has 5 heteroatoms. The molecular formula is C12H16BrF2NO. The summed E-state index contributed by atoms with van der Waals surface area (Å²) in [4.78, 5) is 0. The van der Waals surface area contributed by atoms with Crippen molar-refractivity contribution >= 4 is 15.9 Å². The maximum Gasteiger partial charge on any atom is 0.143 e. The van der Waals surface area contributed by atoms with Gasteiger partial charge in [-0.2, -0.15) is 0 Å². The van der Waals surface area contributed by atoms with Crippen molar-refractivity contribution in [2.45, 2.75) is 25.5 Å². The minimum Gasteiger partial charge on any atom is -0.380 e. The van der Waals surface area contributed by atoms with Crippen LogP contribution in [-0.4, -0.2) is 26.3 Å². The third kappa shape index (κ3) is 3.47. The summed E-state index contributed by atoms with van der Waals surface area (Å²) in [5, 5.41) is 3.00. The molecule has 17 heavy (non-hydrogen) atoms. The monoisotopic (exact) mass is 307 g/mol. The van der Waals surface area contributed by atoms with Gasteiger partial charge in [-0.05, 0) is 48.5 Å². The number of rotatable bonds is 5. The highest BCUT2D eigenvalue weighted by Crippen LogP contribution is 2.23. The van der Waals surface area contributed by atoms with Gasteiger partial charge >= 0.3 is 0 Å². The van der Waals surface area contributed by atoms with E-state index >= 15 is 0 Å². The van der Waals surface area contributed by atoms with Crippen molar-refractivity contribution in [3.8, 4) is 0 Å². The summed E-state index contributed by atoms with van der Waals surface area (Å²) in [6.45, 7) is 1.86. The first kappa shape index (κ1) is 14.5. The highest BCUT2D eigenvalue weighted by atomic mass is 79.9. The Morgan fingerprint density at radius 3 is 2.59 bits per heavy atom. The van der Waals surface area contributed by atoms with Crippen LogP contribution in [0, 0.1) is 11.6 Å². The molecule has 0 heterocycles. The largest absolute Gasteiger partial charge is 0.380 e. The topological polar surface area (TPSA) is 21.3 Å². The molecule has 1 rings (SSSR count). The van der Waals surface area contributed by atoms with E-state index in [-0.39, 0.29) is 28.6 Å². The van der Waals surface area contributed by atoms with Gasteiger partial charge in [0.15, 0.2) is 0 Å². The van der Waals surface area contributed by atoms with Crippen molar-refractivity contribution in [1.82, 2.24) is 5.32 Å². The van der Waals surface area contributed by atoms with Gasteiger partial charge in [0.2, 0.25) is 0 Å². The quantitative estimate of drug-likeness (QED) is 0.845. The zero-order valence-electron chi connectivity index (χ0n) is 10.1. The number of ether oxygens (including phenoxy) is 1. The van der Waals surface area contributed by atoms with Gasteiger partial charge in [-0.3, -0.25) is 0 Å². The van der Waals surface area contributed by atoms with Crippen molar-refractivity contribution < 1.29 is 13.5 Å². The summed E-state index contributed by atoms with van der Waals surface area (Å²) < 4.78 is 32.8. The van der Waals surface area contributed by atoms with E-state index in [9.17, 15) is 8.78 Å². The number of likely N-dealkylation sites (N-methyl/N-ethyl adjacent to an activating group) is 1. The third-order valence-corrected chi connectivity index (χ3v) is 3.48. The van der Waals surface area contributed by atoms with Crippen LogP contribution in [0.1, 0.15) is 12.5 Å². The molecule has 2 nitrogen and oxygen atoms in total. The summed E-state index contributed by atoms with van der Waals surface area (Å²) in [6, 6.07) is 2.48. The lowest BCUT2D eigenvalue weighted by molar-refractivity contribution is 0.0851. The van der Waals surface area contributed by atoms with Gasteiger partial charge < -0.3 is 10.1 Å². The molecule has 0 saturated carbocycles. The normalized spacial score (nSPS) is 14.7. The molecule has 0 saturated heterocycles. The molecule has 0 aliphatic heterocycles. The molecule has 96 valence electrons. The Labute approximate surface area is 108 Å². The fourth-order valence-electron chi connectivity index (χ4n) is 1.64. The molecule has 0 spiro atoms. The molecule has 2 unspecified atom stereocenters. The van der Waals surface area contributed by atoms with Crippen molar-refractivity contribution in [3.63, 3.8) is 0 Å². The van der Waals surface area contributed by atoms with Crippen LogP contribution < -0.4 is 5.32 Å². The Balaban J connectivity index is 2.97. The van der Waals surface area contributed by atoms with E-state index < -0.39 is 11.6 Å². The number of hydrogen-bond donors (Lipinski definition) is 1. The van der Waals surface area contributed by atoms with E-state index in [1.165, 1.54) is 12.1 Å². The third-order valence-electron chi connectivity index (χ3n) is 2.87.